The molecule has 0 aliphatic heterocycles. The number of nitrogens with one attached hydrogen (secondary N) is 1. The van der Waals surface area contributed by atoms with Crippen LogP contribution in [0.4, 0.5) is 0 Å². The molecule has 15 heavy (non-hydrogen) atoms. The van der Waals surface area contributed by atoms with Crippen molar-refractivity contribution in [3.63, 3.8) is 0 Å². The van der Waals surface area contributed by atoms with E-state index in [1.807, 2.05) is 0 Å². The predicted molar refractivity (Wildman–Crippen MR) is 50.2 cm³/mol. The molecule has 1 atom stereocenters. The van der Waals surface area contributed by atoms with Gasteiger partial charge in [-0.25, -0.2) is 0 Å². The van der Waals surface area contributed by atoms with Crippen LogP contribution in [0.15, 0.2) is 0 Å². The van der Waals surface area contributed by atoms with Crippen LogP contribution in [0.5, 0.6) is 0 Å². The number of amides is 1. The summed E-state index contributed by atoms with van der Waals surface area (Å²) in [5.74, 6) is -0.811. The van der Waals surface area contributed by atoms with E-state index in [4.69, 9.17) is 5.26 Å². The molecule has 1 unspecified atom stereocenters. The van der Waals surface area contributed by atoms with Gasteiger partial charge in [0.05, 0.1) is 6.61 Å². The molecule has 0 aromatic rings. The number of ether oxygens (including phenoxy) is 2. The second-order valence-electron chi connectivity index (χ2n) is 2.63. The first-order valence-corrected chi connectivity index (χ1v) is 4.63. The zero-order valence-electron chi connectivity index (χ0n) is 8.78. The van der Waals surface area contributed by atoms with Crippen LogP contribution in [0.1, 0.15) is 26.7 Å². The van der Waals surface area contributed by atoms with Crippen LogP contribution < -0.4 is 5.32 Å². The number of rotatable bonds is 6. The highest BCUT2D eigenvalue weighted by Crippen LogP contribution is 1.97. The van der Waals surface area contributed by atoms with Crippen LogP contribution in [0.3, 0.4) is 0 Å². The molecule has 0 radical (unpaired) electrons. The van der Waals surface area contributed by atoms with Crippen LogP contribution in [0.25, 0.3) is 0 Å². The molecule has 6 nitrogen and oxygen atoms in total. The Balaban J connectivity index is 4.10. The minimum absolute atomic E-state index is 0.173. The van der Waals surface area contributed by atoms with Crippen molar-refractivity contribution in [2.24, 2.45) is 0 Å². The lowest BCUT2D eigenvalue weighted by molar-refractivity contribution is -0.146. The molecule has 0 heterocycles. The quantitative estimate of drug-likeness (QED) is 0.390. The van der Waals surface area contributed by atoms with E-state index in [9.17, 15) is 9.59 Å². The van der Waals surface area contributed by atoms with Crippen molar-refractivity contribution in [3.8, 4) is 6.26 Å². The lowest BCUT2D eigenvalue weighted by atomic mass is 10.3. The zero-order chi connectivity index (χ0) is 11.7. The fraction of sp³-hybridized carbons (Fsp3) is 0.667. The first kappa shape index (κ1) is 13.2. The molecule has 0 fully saturated rings. The van der Waals surface area contributed by atoms with Crippen LogP contribution in [-0.4, -0.2) is 24.7 Å². The summed E-state index contributed by atoms with van der Waals surface area (Å²) in [4.78, 5) is 22.0. The average molecular weight is 214 g/mol. The lowest BCUT2D eigenvalue weighted by Gasteiger charge is -2.14. The van der Waals surface area contributed by atoms with E-state index in [1.54, 1.807) is 13.8 Å². The molecule has 0 rings (SSSR count). The van der Waals surface area contributed by atoms with Gasteiger partial charge in [-0.1, -0.05) is 6.92 Å². The Morgan fingerprint density at radius 2 is 2.13 bits per heavy atom. The Kier molecular flexibility index (Phi) is 6.72. The minimum Gasteiger partial charge on any atom is -0.466 e. The molecule has 0 aliphatic carbocycles. The summed E-state index contributed by atoms with van der Waals surface area (Å²) in [6.45, 7) is 3.58. The summed E-state index contributed by atoms with van der Waals surface area (Å²) >= 11 is 0. The van der Waals surface area contributed by atoms with Gasteiger partial charge in [0.1, 0.15) is 6.42 Å². The van der Waals surface area contributed by atoms with E-state index in [0.29, 0.717) is 0 Å². The maximum absolute atomic E-state index is 11.0. The van der Waals surface area contributed by atoms with E-state index in [1.165, 1.54) is 6.26 Å². The van der Waals surface area contributed by atoms with E-state index in [2.05, 4.69) is 14.8 Å². The smallest absolute Gasteiger partial charge is 0.311 e. The molecule has 0 aromatic carbocycles. The van der Waals surface area contributed by atoms with Crippen LogP contribution >= 0.6 is 0 Å². The van der Waals surface area contributed by atoms with Crippen molar-refractivity contribution in [1.82, 2.24) is 5.32 Å². The minimum atomic E-state index is -0.943. The number of nitriles is 1. The van der Waals surface area contributed by atoms with E-state index < -0.39 is 12.2 Å². The predicted octanol–water partition coefficient (Wildman–Crippen LogP) is 0.290. The third kappa shape index (κ3) is 6.32. The van der Waals surface area contributed by atoms with E-state index in [-0.39, 0.29) is 25.4 Å². The van der Waals surface area contributed by atoms with Crippen molar-refractivity contribution in [3.05, 3.63) is 0 Å². The SMILES string of the molecule is CCOC(=O)CC(NC(=O)CC)OC#N. The highest BCUT2D eigenvalue weighted by molar-refractivity contribution is 5.77. The second kappa shape index (κ2) is 7.62. The Morgan fingerprint density at radius 1 is 1.47 bits per heavy atom. The highest BCUT2D eigenvalue weighted by atomic mass is 16.5. The molecule has 84 valence electrons. The summed E-state index contributed by atoms with van der Waals surface area (Å²) in [6, 6.07) is 0. The number of carbonyl (C=O) groups is 2. The molecular weight excluding hydrogens is 200 g/mol. The fourth-order valence-electron chi connectivity index (χ4n) is 0.839. The van der Waals surface area contributed by atoms with Gasteiger partial charge in [-0.15, -0.1) is 0 Å². The summed E-state index contributed by atoms with van der Waals surface area (Å²) in [5.41, 5.74) is 0. The molecule has 0 aromatic heterocycles. The van der Waals surface area contributed by atoms with Crippen molar-refractivity contribution >= 4 is 11.9 Å². The van der Waals surface area contributed by atoms with E-state index >= 15 is 0 Å². The van der Waals surface area contributed by atoms with Gasteiger partial charge < -0.3 is 14.8 Å². The summed E-state index contributed by atoms with van der Waals surface area (Å²) in [7, 11) is 0. The largest absolute Gasteiger partial charge is 0.466 e. The summed E-state index contributed by atoms with van der Waals surface area (Å²) in [5, 5.41) is 10.7. The molecular formula is C9H14N2O4. The topological polar surface area (TPSA) is 88.4 Å². The lowest BCUT2D eigenvalue weighted by Crippen LogP contribution is -2.37. The Bertz CT molecular complexity index is 259. The zero-order valence-corrected chi connectivity index (χ0v) is 8.78. The molecule has 1 amide bonds. The first-order chi connectivity index (χ1) is 7.13. The van der Waals surface area contributed by atoms with Gasteiger partial charge in [0.25, 0.3) is 6.26 Å². The van der Waals surface area contributed by atoms with Gasteiger partial charge in [0.15, 0.2) is 6.23 Å². The maximum Gasteiger partial charge on any atom is 0.311 e. The monoisotopic (exact) mass is 214 g/mol. The Morgan fingerprint density at radius 3 is 2.60 bits per heavy atom. The molecule has 1 N–H and O–H groups in total. The highest BCUT2D eigenvalue weighted by Gasteiger charge is 2.17. The Labute approximate surface area is 88.2 Å². The number of esters is 1. The molecule has 0 spiro atoms. The van der Waals surface area contributed by atoms with Crippen molar-refractivity contribution in [1.29, 1.82) is 5.26 Å². The number of hydrogen-bond donors (Lipinski definition) is 1. The fourth-order valence-corrected chi connectivity index (χ4v) is 0.839. The van der Waals surface area contributed by atoms with Crippen molar-refractivity contribution in [2.45, 2.75) is 32.9 Å². The third-order valence-electron chi connectivity index (χ3n) is 1.50. The van der Waals surface area contributed by atoms with Gasteiger partial charge in [-0.05, 0) is 6.92 Å². The number of hydrogen-bond acceptors (Lipinski definition) is 5. The summed E-state index contributed by atoms with van der Waals surface area (Å²) < 4.78 is 9.16. The number of nitrogens with zero attached hydrogens (tertiary/aromatic N) is 1. The second-order valence-corrected chi connectivity index (χ2v) is 2.63. The third-order valence-corrected chi connectivity index (χ3v) is 1.50. The van der Waals surface area contributed by atoms with Gasteiger partial charge >= 0.3 is 5.97 Å². The first-order valence-electron chi connectivity index (χ1n) is 4.63. The van der Waals surface area contributed by atoms with Crippen molar-refractivity contribution < 1.29 is 19.1 Å². The van der Waals surface area contributed by atoms with Gasteiger partial charge in [-0.3, -0.25) is 9.59 Å². The summed E-state index contributed by atoms with van der Waals surface area (Å²) in [6.07, 6.45) is 0.564. The van der Waals surface area contributed by atoms with E-state index in [0.717, 1.165) is 0 Å². The van der Waals surface area contributed by atoms with Crippen molar-refractivity contribution in [2.75, 3.05) is 6.61 Å². The molecule has 0 aliphatic rings. The van der Waals surface area contributed by atoms with Crippen LogP contribution in [0, 0.1) is 11.5 Å². The van der Waals surface area contributed by atoms with Crippen LogP contribution in [-0.2, 0) is 19.1 Å². The molecule has 6 heteroatoms. The van der Waals surface area contributed by atoms with Gasteiger partial charge in [0.2, 0.25) is 5.91 Å². The Hall–Kier alpha value is -1.77. The average Bonchev–Trinajstić information content (AvgIpc) is 2.18. The molecule has 0 bridgehead atoms. The molecule has 0 saturated carbocycles. The standard InChI is InChI=1S/C9H14N2O4/c1-3-7(12)11-8(15-6-10)5-9(13)14-4-2/h8H,3-5H2,1-2H3,(H,11,12). The maximum atomic E-state index is 11.0. The van der Waals surface area contributed by atoms with Gasteiger partial charge in [0, 0.05) is 6.42 Å². The number of carbonyl (C=O) groups excluding carboxylic acids is 2. The normalized spacial score (nSPS) is 11.0. The van der Waals surface area contributed by atoms with Crippen LogP contribution in [0.2, 0.25) is 0 Å². The molecule has 0 saturated heterocycles. The van der Waals surface area contributed by atoms with Gasteiger partial charge in [-0.2, -0.15) is 5.26 Å².